The maximum atomic E-state index is 11.9. The molecule has 0 bridgehead atoms. The van der Waals surface area contributed by atoms with Crippen molar-refractivity contribution in [2.24, 2.45) is 0 Å². The minimum atomic E-state index is -3.33. The van der Waals surface area contributed by atoms with E-state index in [4.69, 9.17) is 5.11 Å². The number of rotatable bonds is 5. The van der Waals surface area contributed by atoms with Crippen LogP contribution in [0.3, 0.4) is 0 Å². The Morgan fingerprint density at radius 1 is 1.41 bits per heavy atom. The molecule has 0 unspecified atom stereocenters. The van der Waals surface area contributed by atoms with Crippen LogP contribution in [0, 0.1) is 0 Å². The van der Waals surface area contributed by atoms with Crippen LogP contribution in [-0.4, -0.2) is 60.3 Å². The van der Waals surface area contributed by atoms with Gasteiger partial charge in [0.15, 0.2) is 0 Å². The Balaban J connectivity index is 2.65. The van der Waals surface area contributed by atoms with Crippen molar-refractivity contribution >= 4 is 16.0 Å². The standard InChI is InChI=1S/C10H20N2O4S/c1-3-4-5-12-7-6-11(8-17(12,15)16)9(2)10(13)14/h9H,3-8H2,1-2H3,(H,13,14)/t9-/m1/s1. The number of carboxylic acid groups (broad SMARTS) is 1. The summed E-state index contributed by atoms with van der Waals surface area (Å²) in [7, 11) is -3.33. The highest BCUT2D eigenvalue weighted by Crippen LogP contribution is 2.14. The lowest BCUT2D eigenvalue weighted by Gasteiger charge is -2.35. The fraction of sp³-hybridized carbons (Fsp3) is 0.900. The van der Waals surface area contributed by atoms with Gasteiger partial charge in [-0.3, -0.25) is 9.69 Å². The minimum absolute atomic E-state index is 0.190. The fourth-order valence-electron chi connectivity index (χ4n) is 1.78. The summed E-state index contributed by atoms with van der Waals surface area (Å²) in [6, 6.07) is -0.752. The van der Waals surface area contributed by atoms with Crippen LogP contribution >= 0.6 is 0 Å². The highest BCUT2D eigenvalue weighted by Gasteiger charge is 2.34. The van der Waals surface area contributed by atoms with Gasteiger partial charge in [-0.25, -0.2) is 8.42 Å². The van der Waals surface area contributed by atoms with Gasteiger partial charge >= 0.3 is 5.97 Å². The molecule has 1 aliphatic rings. The summed E-state index contributed by atoms with van der Waals surface area (Å²) in [5.41, 5.74) is 0. The number of hydrogen-bond acceptors (Lipinski definition) is 4. The smallest absolute Gasteiger partial charge is 0.320 e. The average Bonchev–Trinajstić information content (AvgIpc) is 2.25. The van der Waals surface area contributed by atoms with E-state index < -0.39 is 22.0 Å². The number of sulfonamides is 1. The van der Waals surface area contributed by atoms with Crippen LogP contribution in [0.2, 0.25) is 0 Å². The molecular weight excluding hydrogens is 244 g/mol. The molecular formula is C10H20N2O4S. The molecule has 1 fully saturated rings. The van der Waals surface area contributed by atoms with Crippen LogP contribution in [0.4, 0.5) is 0 Å². The molecule has 1 N–H and O–H groups in total. The SMILES string of the molecule is CCCCN1CCN([C@H](C)C(=O)O)CS1(=O)=O. The van der Waals surface area contributed by atoms with Crippen molar-refractivity contribution in [1.29, 1.82) is 0 Å². The van der Waals surface area contributed by atoms with E-state index in [9.17, 15) is 13.2 Å². The van der Waals surface area contributed by atoms with Gasteiger partial charge in [-0.15, -0.1) is 0 Å². The molecule has 0 aliphatic carbocycles. The Hall–Kier alpha value is -0.660. The van der Waals surface area contributed by atoms with E-state index in [1.165, 1.54) is 16.1 Å². The van der Waals surface area contributed by atoms with Crippen molar-refractivity contribution in [3.05, 3.63) is 0 Å². The molecule has 1 aliphatic heterocycles. The Morgan fingerprint density at radius 3 is 2.53 bits per heavy atom. The minimum Gasteiger partial charge on any atom is -0.480 e. The van der Waals surface area contributed by atoms with Gasteiger partial charge in [0.1, 0.15) is 11.9 Å². The van der Waals surface area contributed by atoms with E-state index in [1.807, 2.05) is 6.92 Å². The molecule has 7 heteroatoms. The predicted octanol–water partition coefficient (Wildman–Crippen LogP) is 0.165. The summed E-state index contributed by atoms with van der Waals surface area (Å²) < 4.78 is 25.3. The third-order valence-corrected chi connectivity index (χ3v) is 4.84. The first-order chi connectivity index (χ1) is 7.88. The Labute approximate surface area is 102 Å². The van der Waals surface area contributed by atoms with Crippen LogP contribution in [0.25, 0.3) is 0 Å². The molecule has 0 aromatic heterocycles. The van der Waals surface area contributed by atoms with Crippen molar-refractivity contribution < 1.29 is 18.3 Å². The molecule has 1 atom stereocenters. The zero-order chi connectivity index (χ0) is 13.1. The largest absolute Gasteiger partial charge is 0.480 e. The summed E-state index contributed by atoms with van der Waals surface area (Å²) in [5.74, 6) is -1.17. The van der Waals surface area contributed by atoms with E-state index in [0.717, 1.165) is 12.8 Å². The molecule has 1 saturated heterocycles. The highest BCUT2D eigenvalue weighted by molar-refractivity contribution is 7.89. The zero-order valence-electron chi connectivity index (χ0n) is 10.3. The summed E-state index contributed by atoms with van der Waals surface area (Å²) in [6.07, 6.45) is 1.79. The first-order valence-electron chi connectivity index (χ1n) is 5.83. The summed E-state index contributed by atoms with van der Waals surface area (Å²) >= 11 is 0. The molecule has 6 nitrogen and oxygen atoms in total. The molecule has 0 radical (unpaired) electrons. The molecule has 1 rings (SSSR count). The lowest BCUT2D eigenvalue weighted by Crippen LogP contribution is -2.54. The van der Waals surface area contributed by atoms with Crippen LogP contribution in [0.1, 0.15) is 26.7 Å². The lowest BCUT2D eigenvalue weighted by molar-refractivity contribution is -0.142. The zero-order valence-corrected chi connectivity index (χ0v) is 11.1. The maximum Gasteiger partial charge on any atom is 0.320 e. The number of nitrogens with zero attached hydrogens (tertiary/aromatic N) is 2. The quantitative estimate of drug-likeness (QED) is 0.765. The van der Waals surface area contributed by atoms with Gasteiger partial charge in [0.05, 0.1) is 0 Å². The van der Waals surface area contributed by atoms with Crippen LogP contribution in [0.5, 0.6) is 0 Å². The van der Waals surface area contributed by atoms with Gasteiger partial charge < -0.3 is 5.11 Å². The second-order valence-electron chi connectivity index (χ2n) is 4.32. The monoisotopic (exact) mass is 264 g/mol. The molecule has 17 heavy (non-hydrogen) atoms. The first-order valence-corrected chi connectivity index (χ1v) is 7.44. The van der Waals surface area contributed by atoms with Crippen LogP contribution < -0.4 is 0 Å². The van der Waals surface area contributed by atoms with E-state index in [-0.39, 0.29) is 5.88 Å². The fourth-order valence-corrected chi connectivity index (χ4v) is 3.48. The molecule has 0 amide bonds. The van der Waals surface area contributed by atoms with Crippen molar-refractivity contribution in [1.82, 2.24) is 9.21 Å². The van der Waals surface area contributed by atoms with Gasteiger partial charge in [-0.05, 0) is 13.3 Å². The number of unbranched alkanes of at least 4 members (excludes halogenated alkanes) is 1. The normalized spacial score (nSPS) is 23.4. The van der Waals surface area contributed by atoms with Crippen LogP contribution in [0.15, 0.2) is 0 Å². The molecule has 0 saturated carbocycles. The predicted molar refractivity (Wildman–Crippen MR) is 64.1 cm³/mol. The van der Waals surface area contributed by atoms with E-state index >= 15 is 0 Å². The topological polar surface area (TPSA) is 77.9 Å². The van der Waals surface area contributed by atoms with Crippen molar-refractivity contribution in [2.75, 3.05) is 25.5 Å². The van der Waals surface area contributed by atoms with Crippen LogP contribution in [-0.2, 0) is 14.8 Å². The van der Waals surface area contributed by atoms with Gasteiger partial charge in [0.2, 0.25) is 10.0 Å². The third-order valence-electron chi connectivity index (χ3n) is 3.03. The number of aliphatic carboxylic acids is 1. The molecule has 1 heterocycles. The van der Waals surface area contributed by atoms with E-state index in [0.29, 0.717) is 19.6 Å². The van der Waals surface area contributed by atoms with Gasteiger partial charge in [0.25, 0.3) is 0 Å². The average molecular weight is 264 g/mol. The Bertz CT molecular complexity index is 369. The number of carbonyl (C=O) groups is 1. The van der Waals surface area contributed by atoms with Gasteiger partial charge in [-0.2, -0.15) is 4.31 Å². The first kappa shape index (κ1) is 14.4. The molecule has 100 valence electrons. The summed E-state index contributed by atoms with van der Waals surface area (Å²) in [6.45, 7) is 4.93. The highest BCUT2D eigenvalue weighted by atomic mass is 32.2. The van der Waals surface area contributed by atoms with Crippen molar-refractivity contribution in [3.8, 4) is 0 Å². The second kappa shape index (κ2) is 5.79. The van der Waals surface area contributed by atoms with Crippen molar-refractivity contribution in [3.63, 3.8) is 0 Å². The summed E-state index contributed by atoms with van der Waals surface area (Å²) in [4.78, 5) is 12.3. The molecule has 0 aromatic carbocycles. The lowest BCUT2D eigenvalue weighted by atomic mass is 10.3. The second-order valence-corrected chi connectivity index (χ2v) is 6.26. The maximum absolute atomic E-state index is 11.9. The Kier molecular flexibility index (Phi) is 4.91. The van der Waals surface area contributed by atoms with Gasteiger partial charge in [0, 0.05) is 19.6 Å². The number of hydrogen-bond donors (Lipinski definition) is 1. The van der Waals surface area contributed by atoms with Gasteiger partial charge in [-0.1, -0.05) is 13.3 Å². The molecule has 0 spiro atoms. The van der Waals surface area contributed by atoms with Crippen molar-refractivity contribution in [2.45, 2.75) is 32.7 Å². The molecule has 0 aromatic rings. The van der Waals surface area contributed by atoms with E-state index in [2.05, 4.69) is 0 Å². The van der Waals surface area contributed by atoms with E-state index in [1.54, 1.807) is 0 Å². The number of carboxylic acids is 1. The third kappa shape index (κ3) is 3.65. The summed E-state index contributed by atoms with van der Waals surface area (Å²) in [5, 5.41) is 8.86. The Morgan fingerprint density at radius 2 is 2.06 bits per heavy atom.